The molecule has 0 aromatic carbocycles. The zero-order chi connectivity index (χ0) is 6.69. The maximum Gasteiger partial charge on any atom is 0.273 e. The van der Waals surface area contributed by atoms with Crippen molar-refractivity contribution in [3.63, 3.8) is 0 Å². The average molecular weight is 128 g/mol. The molecule has 0 saturated heterocycles. The highest BCUT2D eigenvalue weighted by atomic mass is 19.1. The Morgan fingerprint density at radius 2 is 2.44 bits per heavy atom. The van der Waals surface area contributed by atoms with Gasteiger partial charge in [-0.2, -0.15) is 5.90 Å². The van der Waals surface area contributed by atoms with Crippen LogP contribution in [0.4, 0.5) is 4.39 Å². The van der Waals surface area contributed by atoms with Crippen LogP contribution in [0.3, 0.4) is 0 Å². The molecule has 0 saturated carbocycles. The average Bonchev–Trinajstić information content (AvgIpc) is 1.89. The van der Waals surface area contributed by atoms with Crippen LogP contribution in [0, 0.1) is 5.82 Å². The van der Waals surface area contributed by atoms with Crippen LogP contribution in [0.25, 0.3) is 0 Å². The highest BCUT2D eigenvalue weighted by molar-refractivity contribution is 5.11. The molecule has 2 N–H and O–H groups in total. The maximum absolute atomic E-state index is 12.3. The number of rotatable bonds is 1. The Morgan fingerprint density at radius 1 is 1.67 bits per heavy atom. The van der Waals surface area contributed by atoms with Gasteiger partial charge >= 0.3 is 0 Å². The summed E-state index contributed by atoms with van der Waals surface area (Å²) >= 11 is 0. The molecule has 48 valence electrons. The summed E-state index contributed by atoms with van der Waals surface area (Å²) in [4.78, 5) is 7.53. The van der Waals surface area contributed by atoms with Gasteiger partial charge in [-0.15, -0.1) is 0 Å². The molecular weight excluding hydrogens is 123 g/mol. The molecule has 4 heteroatoms. The standard InChI is InChI=1S/C5H5FN2O/c6-4-2-1-3-8-5(4)9-7/h1-3H,7H2. The molecule has 9 heavy (non-hydrogen) atoms. The van der Waals surface area contributed by atoms with Crippen molar-refractivity contribution >= 4 is 0 Å². The van der Waals surface area contributed by atoms with Crippen molar-refractivity contribution in [1.29, 1.82) is 0 Å². The molecule has 0 atom stereocenters. The Bertz CT molecular complexity index is 204. The molecule has 0 unspecified atom stereocenters. The Kier molecular flexibility index (Phi) is 1.60. The van der Waals surface area contributed by atoms with Crippen molar-refractivity contribution < 1.29 is 9.23 Å². The van der Waals surface area contributed by atoms with Crippen molar-refractivity contribution in [2.24, 2.45) is 5.90 Å². The molecule has 0 amide bonds. The van der Waals surface area contributed by atoms with Crippen LogP contribution in [0.2, 0.25) is 0 Å². The lowest BCUT2D eigenvalue weighted by atomic mass is 10.5. The summed E-state index contributed by atoms with van der Waals surface area (Å²) in [6.07, 6.45) is 1.39. The summed E-state index contributed by atoms with van der Waals surface area (Å²) in [5.74, 6) is 3.91. The van der Waals surface area contributed by atoms with Crippen molar-refractivity contribution in [1.82, 2.24) is 4.98 Å². The van der Waals surface area contributed by atoms with Crippen LogP contribution in [-0.2, 0) is 0 Å². The van der Waals surface area contributed by atoms with Crippen molar-refractivity contribution in [3.05, 3.63) is 24.1 Å². The maximum atomic E-state index is 12.3. The molecular formula is C5H5FN2O. The van der Waals surface area contributed by atoms with Gasteiger partial charge in [-0.05, 0) is 12.1 Å². The monoisotopic (exact) mass is 128 g/mol. The first kappa shape index (κ1) is 5.97. The van der Waals surface area contributed by atoms with E-state index >= 15 is 0 Å². The number of hydrogen-bond acceptors (Lipinski definition) is 3. The number of aromatic nitrogens is 1. The molecule has 0 bridgehead atoms. The summed E-state index contributed by atoms with van der Waals surface area (Å²) in [5, 5.41) is 0. The summed E-state index contributed by atoms with van der Waals surface area (Å²) in [6.45, 7) is 0. The molecule has 0 fully saturated rings. The van der Waals surface area contributed by atoms with Gasteiger partial charge in [-0.1, -0.05) is 0 Å². The second-order valence-electron chi connectivity index (χ2n) is 1.41. The summed E-state index contributed by atoms with van der Waals surface area (Å²) in [7, 11) is 0. The lowest BCUT2D eigenvalue weighted by Crippen LogP contribution is -2.04. The second kappa shape index (κ2) is 2.41. The third-order valence-corrected chi connectivity index (χ3v) is 0.836. The molecule has 0 aliphatic heterocycles. The van der Waals surface area contributed by atoms with E-state index in [1.54, 1.807) is 0 Å². The normalized spacial score (nSPS) is 9.11. The second-order valence-corrected chi connectivity index (χ2v) is 1.41. The smallest absolute Gasteiger partial charge is 0.273 e. The van der Waals surface area contributed by atoms with Gasteiger partial charge in [0.15, 0.2) is 5.82 Å². The van der Waals surface area contributed by atoms with Gasteiger partial charge < -0.3 is 4.84 Å². The zero-order valence-electron chi connectivity index (χ0n) is 4.54. The Balaban J connectivity index is 3.01. The minimum Gasteiger partial charge on any atom is -0.388 e. The Labute approximate surface area is 51.2 Å². The Morgan fingerprint density at radius 3 is 2.89 bits per heavy atom. The van der Waals surface area contributed by atoms with E-state index in [0.29, 0.717) is 0 Å². The molecule has 0 radical (unpaired) electrons. The lowest BCUT2D eigenvalue weighted by Gasteiger charge is -1.94. The van der Waals surface area contributed by atoms with Gasteiger partial charge in [-0.25, -0.2) is 9.37 Å². The predicted molar refractivity (Wildman–Crippen MR) is 29.0 cm³/mol. The third kappa shape index (κ3) is 1.14. The van der Waals surface area contributed by atoms with Crippen molar-refractivity contribution in [2.75, 3.05) is 0 Å². The molecule has 1 heterocycles. The third-order valence-electron chi connectivity index (χ3n) is 0.836. The highest BCUT2D eigenvalue weighted by Gasteiger charge is 1.98. The van der Waals surface area contributed by atoms with E-state index < -0.39 is 5.82 Å². The molecule has 1 aromatic heterocycles. The minimum atomic E-state index is -0.556. The summed E-state index contributed by atoms with van der Waals surface area (Å²) < 4.78 is 12.3. The van der Waals surface area contributed by atoms with Gasteiger partial charge in [0.25, 0.3) is 5.88 Å². The predicted octanol–water partition coefficient (Wildman–Crippen LogP) is 0.473. The zero-order valence-corrected chi connectivity index (χ0v) is 4.54. The quantitative estimate of drug-likeness (QED) is 0.559. The van der Waals surface area contributed by atoms with Crippen LogP contribution in [0.5, 0.6) is 5.88 Å². The fourth-order valence-corrected chi connectivity index (χ4v) is 0.458. The highest BCUT2D eigenvalue weighted by Crippen LogP contribution is 2.08. The number of pyridine rings is 1. The molecule has 0 aliphatic rings. The fourth-order valence-electron chi connectivity index (χ4n) is 0.458. The van der Waals surface area contributed by atoms with Crippen LogP contribution < -0.4 is 10.7 Å². The number of halogens is 1. The van der Waals surface area contributed by atoms with Crippen molar-refractivity contribution in [3.8, 4) is 5.88 Å². The van der Waals surface area contributed by atoms with E-state index in [-0.39, 0.29) is 5.88 Å². The van der Waals surface area contributed by atoms with Gasteiger partial charge in [0.05, 0.1) is 0 Å². The van der Waals surface area contributed by atoms with Crippen LogP contribution in [-0.4, -0.2) is 4.98 Å². The summed E-state index contributed by atoms with van der Waals surface area (Å²) in [5.41, 5.74) is 0. The van der Waals surface area contributed by atoms with E-state index in [1.165, 1.54) is 18.3 Å². The topological polar surface area (TPSA) is 48.1 Å². The first-order chi connectivity index (χ1) is 4.34. The number of hydrogen-bond donors (Lipinski definition) is 1. The van der Waals surface area contributed by atoms with E-state index in [1.807, 2.05) is 0 Å². The van der Waals surface area contributed by atoms with Gasteiger partial charge in [0.1, 0.15) is 0 Å². The van der Waals surface area contributed by atoms with E-state index in [4.69, 9.17) is 0 Å². The molecule has 1 rings (SSSR count). The van der Waals surface area contributed by atoms with E-state index in [9.17, 15) is 4.39 Å². The SMILES string of the molecule is NOc1ncccc1F. The lowest BCUT2D eigenvalue weighted by molar-refractivity contribution is 0.301. The first-order valence-electron chi connectivity index (χ1n) is 2.32. The van der Waals surface area contributed by atoms with Crippen LogP contribution >= 0.6 is 0 Å². The summed E-state index contributed by atoms with van der Waals surface area (Å²) in [6, 6.07) is 2.67. The van der Waals surface area contributed by atoms with Gasteiger partial charge in [0, 0.05) is 6.20 Å². The first-order valence-corrected chi connectivity index (χ1v) is 2.32. The molecule has 3 nitrogen and oxygen atoms in total. The van der Waals surface area contributed by atoms with Crippen LogP contribution in [0.15, 0.2) is 18.3 Å². The molecule has 1 aromatic rings. The largest absolute Gasteiger partial charge is 0.388 e. The number of nitrogens with zero attached hydrogens (tertiary/aromatic N) is 1. The van der Waals surface area contributed by atoms with Gasteiger partial charge in [0.2, 0.25) is 0 Å². The molecule has 0 spiro atoms. The van der Waals surface area contributed by atoms with Crippen molar-refractivity contribution in [2.45, 2.75) is 0 Å². The Hall–Kier alpha value is -1.16. The van der Waals surface area contributed by atoms with E-state index in [0.717, 1.165) is 0 Å². The number of nitrogens with two attached hydrogens (primary N) is 1. The van der Waals surface area contributed by atoms with Gasteiger partial charge in [-0.3, -0.25) is 0 Å². The minimum absolute atomic E-state index is 0.183. The fraction of sp³-hybridized carbons (Fsp3) is 0. The molecule has 0 aliphatic carbocycles. The van der Waals surface area contributed by atoms with Crippen LogP contribution in [0.1, 0.15) is 0 Å². The van der Waals surface area contributed by atoms with E-state index in [2.05, 4.69) is 15.7 Å².